The first kappa shape index (κ1) is 24.2. The van der Waals surface area contributed by atoms with Crippen LogP contribution >= 0.6 is 0 Å². The molecule has 1 amide bonds. The first-order valence-electron chi connectivity index (χ1n) is 11.1. The molecular formula is C24H33N3O4S. The molecular weight excluding hydrogens is 426 g/mol. The number of hydrogen-bond acceptors (Lipinski definition) is 5. The van der Waals surface area contributed by atoms with E-state index in [0.29, 0.717) is 31.7 Å². The van der Waals surface area contributed by atoms with E-state index in [9.17, 15) is 13.2 Å². The van der Waals surface area contributed by atoms with E-state index in [1.54, 1.807) is 12.1 Å². The molecule has 174 valence electrons. The lowest BCUT2D eigenvalue weighted by Gasteiger charge is -2.34. The highest BCUT2D eigenvalue weighted by Gasteiger charge is 2.32. The Morgan fingerprint density at radius 1 is 1.12 bits per heavy atom. The predicted octanol–water partition coefficient (Wildman–Crippen LogP) is 3.05. The van der Waals surface area contributed by atoms with Gasteiger partial charge in [-0.05, 0) is 69.7 Å². The molecule has 3 rings (SSSR count). The number of aryl methyl sites for hydroxylation is 1. The fourth-order valence-corrected chi connectivity index (χ4v) is 5.55. The van der Waals surface area contributed by atoms with Crippen LogP contribution in [0.4, 0.5) is 5.69 Å². The number of hydrogen-bond donors (Lipinski definition) is 1. The highest BCUT2D eigenvalue weighted by Crippen LogP contribution is 2.21. The maximum Gasteiger partial charge on any atom is 0.251 e. The normalized spacial score (nSPS) is 19.5. The Hall–Kier alpha value is -2.42. The van der Waals surface area contributed by atoms with Gasteiger partial charge in [0.2, 0.25) is 10.0 Å². The summed E-state index contributed by atoms with van der Waals surface area (Å²) < 4.78 is 33.0. The van der Waals surface area contributed by atoms with Crippen molar-refractivity contribution >= 4 is 21.6 Å². The van der Waals surface area contributed by atoms with Gasteiger partial charge in [-0.25, -0.2) is 8.42 Å². The predicted molar refractivity (Wildman–Crippen MR) is 127 cm³/mol. The standard InChI is InChI=1S/C24H33N3O4S/c1-5-26(22-8-6-7-18(2)15-22)14-13-25-24(28)21-9-11-23(12-10-21)32(29,30)27-16-19(3)31-20(4)17-27/h6-12,15,19-20H,5,13-14,16-17H2,1-4H3,(H,25,28). The van der Waals surface area contributed by atoms with Gasteiger partial charge < -0.3 is 15.0 Å². The van der Waals surface area contributed by atoms with Crippen molar-refractivity contribution in [2.24, 2.45) is 0 Å². The van der Waals surface area contributed by atoms with Crippen LogP contribution in [-0.4, -0.2) is 63.6 Å². The van der Waals surface area contributed by atoms with Crippen molar-refractivity contribution in [1.82, 2.24) is 9.62 Å². The minimum atomic E-state index is -3.62. The minimum absolute atomic E-state index is 0.152. The zero-order chi connectivity index (χ0) is 23.3. The molecule has 2 aromatic carbocycles. The second-order valence-electron chi connectivity index (χ2n) is 8.28. The van der Waals surface area contributed by atoms with Crippen LogP contribution in [0.1, 0.15) is 36.7 Å². The molecule has 2 atom stereocenters. The number of morpholine rings is 1. The topological polar surface area (TPSA) is 79.0 Å². The van der Waals surface area contributed by atoms with E-state index in [0.717, 1.165) is 12.2 Å². The summed E-state index contributed by atoms with van der Waals surface area (Å²) in [6.07, 6.45) is -0.304. The Morgan fingerprint density at radius 3 is 2.38 bits per heavy atom. The summed E-state index contributed by atoms with van der Waals surface area (Å²) in [4.78, 5) is 14.9. The van der Waals surface area contributed by atoms with Crippen LogP contribution in [0.25, 0.3) is 0 Å². The van der Waals surface area contributed by atoms with Gasteiger partial charge in [0, 0.05) is 44.0 Å². The van der Waals surface area contributed by atoms with Gasteiger partial charge in [-0.15, -0.1) is 0 Å². The lowest BCUT2D eigenvalue weighted by molar-refractivity contribution is -0.0440. The largest absolute Gasteiger partial charge is 0.373 e. The molecule has 1 N–H and O–H groups in total. The number of ether oxygens (including phenoxy) is 1. The van der Waals surface area contributed by atoms with Crippen molar-refractivity contribution < 1.29 is 17.9 Å². The van der Waals surface area contributed by atoms with Crippen molar-refractivity contribution in [3.63, 3.8) is 0 Å². The lowest BCUT2D eigenvalue weighted by atomic mass is 10.2. The van der Waals surface area contributed by atoms with E-state index in [1.165, 1.54) is 22.0 Å². The number of nitrogens with one attached hydrogen (secondary N) is 1. The van der Waals surface area contributed by atoms with E-state index < -0.39 is 10.0 Å². The van der Waals surface area contributed by atoms with Crippen molar-refractivity contribution in [1.29, 1.82) is 0 Å². The molecule has 1 saturated heterocycles. The lowest BCUT2D eigenvalue weighted by Crippen LogP contribution is -2.48. The SMILES string of the molecule is CCN(CCNC(=O)c1ccc(S(=O)(=O)N2CC(C)OC(C)C2)cc1)c1cccc(C)c1. The number of nitrogens with zero attached hydrogens (tertiary/aromatic N) is 2. The maximum atomic E-state index is 13.0. The zero-order valence-corrected chi connectivity index (χ0v) is 20.1. The Bertz CT molecular complexity index is 1010. The van der Waals surface area contributed by atoms with E-state index in [1.807, 2.05) is 19.9 Å². The number of carbonyl (C=O) groups excluding carboxylic acids is 1. The van der Waals surface area contributed by atoms with Crippen LogP contribution in [0.2, 0.25) is 0 Å². The summed E-state index contributed by atoms with van der Waals surface area (Å²) in [5.74, 6) is -0.220. The molecule has 1 aliphatic heterocycles. The summed E-state index contributed by atoms with van der Waals surface area (Å²) in [5.41, 5.74) is 2.76. The van der Waals surface area contributed by atoms with Gasteiger partial charge in [0.25, 0.3) is 5.91 Å². The van der Waals surface area contributed by atoms with Gasteiger partial charge in [0.15, 0.2) is 0 Å². The van der Waals surface area contributed by atoms with Crippen molar-refractivity contribution in [3.8, 4) is 0 Å². The second-order valence-corrected chi connectivity index (χ2v) is 10.2. The van der Waals surface area contributed by atoms with Crippen LogP contribution in [0.5, 0.6) is 0 Å². The molecule has 0 aromatic heterocycles. The van der Waals surface area contributed by atoms with E-state index >= 15 is 0 Å². The summed E-state index contributed by atoms with van der Waals surface area (Å²) in [6.45, 7) is 10.5. The smallest absolute Gasteiger partial charge is 0.251 e. The number of amides is 1. The molecule has 1 heterocycles. The third kappa shape index (κ3) is 5.88. The first-order valence-corrected chi connectivity index (χ1v) is 12.5. The quantitative estimate of drug-likeness (QED) is 0.656. The van der Waals surface area contributed by atoms with Crippen LogP contribution < -0.4 is 10.2 Å². The first-order chi connectivity index (χ1) is 15.2. The molecule has 1 fully saturated rings. The number of carbonyl (C=O) groups is 1. The average molecular weight is 460 g/mol. The molecule has 0 aliphatic carbocycles. The third-order valence-electron chi connectivity index (χ3n) is 5.56. The summed E-state index contributed by atoms with van der Waals surface area (Å²) in [7, 11) is -3.62. The van der Waals surface area contributed by atoms with Gasteiger partial charge in [-0.2, -0.15) is 4.31 Å². The fourth-order valence-electron chi connectivity index (χ4n) is 3.96. The number of anilines is 1. The van der Waals surface area contributed by atoms with E-state index in [-0.39, 0.29) is 23.0 Å². The Balaban J connectivity index is 1.59. The third-order valence-corrected chi connectivity index (χ3v) is 7.40. The molecule has 0 saturated carbocycles. The summed E-state index contributed by atoms with van der Waals surface area (Å²) in [5, 5.41) is 2.92. The fraction of sp³-hybridized carbons (Fsp3) is 0.458. The van der Waals surface area contributed by atoms with Crippen LogP contribution in [0, 0.1) is 6.92 Å². The van der Waals surface area contributed by atoms with Gasteiger partial charge in [0.1, 0.15) is 0 Å². The molecule has 2 aromatic rings. The number of rotatable bonds is 8. The Morgan fingerprint density at radius 2 is 1.78 bits per heavy atom. The Kier molecular flexibility index (Phi) is 7.92. The Labute approximate surface area is 191 Å². The number of sulfonamides is 1. The summed E-state index contributed by atoms with van der Waals surface area (Å²) >= 11 is 0. The minimum Gasteiger partial charge on any atom is -0.373 e. The molecule has 32 heavy (non-hydrogen) atoms. The van der Waals surface area contributed by atoms with Crippen LogP contribution in [0.3, 0.4) is 0 Å². The van der Waals surface area contributed by atoms with Crippen LogP contribution in [0.15, 0.2) is 53.4 Å². The van der Waals surface area contributed by atoms with Crippen molar-refractivity contribution in [3.05, 3.63) is 59.7 Å². The molecule has 0 spiro atoms. The number of likely N-dealkylation sites (N-methyl/N-ethyl adjacent to an activating group) is 1. The van der Waals surface area contributed by atoms with Gasteiger partial charge >= 0.3 is 0 Å². The molecule has 0 bridgehead atoms. The van der Waals surface area contributed by atoms with E-state index in [2.05, 4.69) is 42.3 Å². The summed E-state index contributed by atoms with van der Waals surface area (Å²) in [6, 6.07) is 14.4. The molecule has 0 radical (unpaired) electrons. The van der Waals surface area contributed by atoms with Gasteiger partial charge in [0.05, 0.1) is 17.1 Å². The highest BCUT2D eigenvalue weighted by atomic mass is 32.2. The molecule has 8 heteroatoms. The van der Waals surface area contributed by atoms with Gasteiger partial charge in [-0.1, -0.05) is 12.1 Å². The molecule has 2 unspecified atom stereocenters. The highest BCUT2D eigenvalue weighted by molar-refractivity contribution is 7.89. The monoisotopic (exact) mass is 459 g/mol. The van der Waals surface area contributed by atoms with Crippen molar-refractivity contribution in [2.45, 2.75) is 44.8 Å². The zero-order valence-electron chi connectivity index (χ0n) is 19.2. The van der Waals surface area contributed by atoms with Gasteiger partial charge in [-0.3, -0.25) is 4.79 Å². The number of benzene rings is 2. The maximum absolute atomic E-state index is 13.0. The van der Waals surface area contributed by atoms with E-state index in [4.69, 9.17) is 4.74 Å². The molecule has 7 nitrogen and oxygen atoms in total. The molecule has 1 aliphatic rings. The second kappa shape index (κ2) is 10.5. The van der Waals surface area contributed by atoms with Crippen LogP contribution in [-0.2, 0) is 14.8 Å². The van der Waals surface area contributed by atoms with Crippen molar-refractivity contribution in [2.75, 3.05) is 37.6 Å². The average Bonchev–Trinajstić information content (AvgIpc) is 2.76.